The van der Waals surface area contributed by atoms with E-state index in [1.165, 1.54) is 151 Å². The lowest BCUT2D eigenvalue weighted by Gasteiger charge is -2.58. The Morgan fingerprint density at radius 1 is 0.429 bits per heavy atom. The van der Waals surface area contributed by atoms with E-state index in [9.17, 15) is 24.0 Å². The minimum absolute atomic E-state index is 0.00217. The van der Waals surface area contributed by atoms with E-state index in [4.69, 9.17) is 14.5 Å². The first-order valence-electron chi connectivity index (χ1n) is 40.7. The molecule has 12 fully saturated rings. The Labute approximate surface area is 591 Å². The number of hydrogen-bond acceptors (Lipinski definition) is 12. The Morgan fingerprint density at radius 3 is 1.17 bits per heavy atom. The molecule has 2 heterocycles. The summed E-state index contributed by atoms with van der Waals surface area (Å²) in [6.45, 7) is 27.6. The lowest BCUT2D eigenvalue weighted by atomic mass is 9.46. The molecule has 0 spiro atoms. The molecule has 0 aromatic rings. The first-order chi connectivity index (χ1) is 46.8. The van der Waals surface area contributed by atoms with Crippen LogP contribution in [0.2, 0.25) is 0 Å². The molecule has 0 amide bonds. The van der Waals surface area contributed by atoms with E-state index in [0.717, 1.165) is 180 Å². The lowest BCUT2D eigenvalue weighted by Crippen LogP contribution is -2.51. The summed E-state index contributed by atoms with van der Waals surface area (Å²) in [5.74, 6) is 9.01. The fourth-order valence-corrected chi connectivity index (χ4v) is 26.7. The largest absolute Gasteiger partial charge is 0.394 e. The van der Waals surface area contributed by atoms with E-state index >= 15 is 0 Å². The highest BCUT2D eigenvalue weighted by Gasteiger charge is 2.63. The summed E-state index contributed by atoms with van der Waals surface area (Å²) < 4.78 is 0.989. The third-order valence-corrected chi connectivity index (χ3v) is 32.6. The van der Waals surface area contributed by atoms with Gasteiger partial charge in [0.15, 0.2) is 17.3 Å². The summed E-state index contributed by atoms with van der Waals surface area (Å²) in [6.07, 6.45) is 44.8. The Hall–Kier alpha value is -4.10. The number of likely N-dealkylation sites (tertiary alicyclic amines) is 2. The summed E-state index contributed by atoms with van der Waals surface area (Å²) >= 11 is 0. The molecular formula is C85H130N5O8+. The maximum Gasteiger partial charge on any atom is 0.338 e. The number of quaternary nitrogens is 1. The molecule has 0 aromatic heterocycles. The monoisotopic (exact) mass is 1350 g/mol. The van der Waals surface area contributed by atoms with Crippen molar-refractivity contribution in [2.75, 3.05) is 53.4 Å². The van der Waals surface area contributed by atoms with Crippen LogP contribution in [-0.2, 0) is 38.5 Å². The molecule has 0 bridgehead atoms. The average molecular weight is 1350 g/mol. The van der Waals surface area contributed by atoms with Crippen molar-refractivity contribution in [2.45, 2.75) is 281 Å². The van der Waals surface area contributed by atoms with Crippen LogP contribution in [0.25, 0.3) is 0 Å². The Kier molecular flexibility index (Phi) is 21.3. The molecule has 98 heavy (non-hydrogen) atoms. The second-order valence-corrected chi connectivity index (χ2v) is 37.7. The van der Waals surface area contributed by atoms with Gasteiger partial charge in [-0.05, 0) is 298 Å². The molecule has 0 N–H and O–H groups in total. The predicted molar refractivity (Wildman–Crippen MR) is 389 cm³/mol. The zero-order valence-electron chi connectivity index (χ0n) is 63.1. The number of carbonyl (C=O) groups is 5. The van der Waals surface area contributed by atoms with Gasteiger partial charge in [-0.2, -0.15) is 0 Å². The van der Waals surface area contributed by atoms with Gasteiger partial charge in [-0.15, -0.1) is 0 Å². The zero-order valence-corrected chi connectivity index (χ0v) is 63.1. The maximum atomic E-state index is 12.7. The van der Waals surface area contributed by atoms with Crippen LogP contribution < -0.4 is 0 Å². The molecule has 0 unspecified atom stereocenters. The molecular weight excluding hydrogens is 1220 g/mol. The number of hydrogen-bond donors (Lipinski definition) is 0. The van der Waals surface area contributed by atoms with Crippen LogP contribution in [0.1, 0.15) is 281 Å². The second kappa shape index (κ2) is 28.9. The van der Waals surface area contributed by atoms with Gasteiger partial charge in [-0.1, -0.05) is 99.4 Å². The molecule has 13 nitrogen and oxygen atoms in total. The van der Waals surface area contributed by atoms with Gasteiger partial charge in [0.05, 0.1) is 56.2 Å². The summed E-state index contributed by atoms with van der Waals surface area (Å²) in [4.78, 5) is 80.8. The Balaban J connectivity index is 0.000000132. The van der Waals surface area contributed by atoms with Crippen molar-refractivity contribution in [3.8, 4) is 0 Å². The summed E-state index contributed by atoms with van der Waals surface area (Å²) in [6, 6.07) is 0. The van der Waals surface area contributed by atoms with Crippen molar-refractivity contribution in [3.63, 3.8) is 0 Å². The quantitative estimate of drug-likeness (QED) is 0.0647. The van der Waals surface area contributed by atoms with Gasteiger partial charge in [-0.25, -0.2) is 9.59 Å². The molecule has 2 aliphatic heterocycles. The normalized spacial score (nSPS) is 42.5. The Morgan fingerprint density at radius 2 is 0.786 bits per heavy atom. The van der Waals surface area contributed by atoms with E-state index in [1.807, 2.05) is 18.2 Å². The molecule has 15 aliphatic rings. The maximum absolute atomic E-state index is 12.7. The van der Waals surface area contributed by atoms with E-state index in [-0.39, 0.29) is 50.8 Å². The summed E-state index contributed by atoms with van der Waals surface area (Å²) in [7, 11) is 4.46. The number of fused-ring (bicyclic) bond motifs is 15. The highest BCUT2D eigenvalue weighted by molar-refractivity contribution is 5.93. The van der Waals surface area contributed by atoms with Gasteiger partial charge in [0.1, 0.15) is 6.61 Å². The van der Waals surface area contributed by atoms with Gasteiger partial charge in [-0.3, -0.25) is 19.3 Å². The van der Waals surface area contributed by atoms with E-state index in [0.29, 0.717) is 58.3 Å². The lowest BCUT2D eigenvalue weighted by molar-refractivity contribution is -0.895. The standard InChI is InChI=1S/C29H45N2O3.C28H44N2O2.C28H41NO3/c1-19(30-34-27(33)20-12-16-31(4,5)17-13-20)24-8-9-25-23-7-6-21-18-22(32)10-14-28(21,2)26(23)11-15-29(24,25)3;1-20(29-32-18-17-30-15-5-4-6-16-30)24-9-10-25-23-8-7-21-19-22(31)11-13-27(21,2)26(23)12-14-28(24,25)3;1-18(29-32-26(31)19-7-5-4-6-8-19)23-11-12-24-22-10-9-20-17-21(30)13-15-27(20,2)25(22)14-16-28(23,24)3/h18,20,23-26H,6-17H2,1-5H3;19,23-26H,4-18H2,1-3H3;17,19,22-25H,4-16H2,1-3H3/q+1;;/b30-19+;29-20+;29-18+/t23-,24+,25-,26-,28-,29+;23-,24+,25-,26-,27-,28+;22-,23+,24-,25-,27-,28+/m000/s1. The summed E-state index contributed by atoms with van der Waals surface area (Å²) in [5, 5.41) is 13.6. The van der Waals surface area contributed by atoms with E-state index in [1.54, 1.807) is 0 Å². The number of piperidine rings is 2. The van der Waals surface area contributed by atoms with Crippen molar-refractivity contribution in [1.82, 2.24) is 4.90 Å². The molecule has 15 rings (SSSR count). The number of rotatable bonds is 11. The molecule has 13 aliphatic carbocycles. The van der Waals surface area contributed by atoms with Crippen molar-refractivity contribution in [2.24, 2.45) is 131 Å². The SMILES string of the molecule is C/C(=N\OC(=O)C1CCCCC1)[C@H]1CC[C@H]2[C@@H]3CCC4=CC(=O)CC[C@]4(C)[C@H]3CC[C@]12C.C/C(=N\OC(=O)C1CC[N+](C)(C)CC1)[C@H]1CC[C@H]2[C@@H]3CCC4=CC(=O)CC[C@]4(C)[C@H]3CC[C@]12C.C/C(=N\OCCN1CCCCC1)[C@H]1CC[C@H]2[C@@H]3CCC4=CC(=O)CC[C@]4(C)[C@H]3CC[C@]12C. The molecule has 13 heteroatoms. The Bertz CT molecular complexity index is 3190. The first kappa shape index (κ1) is 72.3. The zero-order chi connectivity index (χ0) is 69.2. The average Bonchev–Trinajstić information content (AvgIpc) is 1.38. The van der Waals surface area contributed by atoms with Gasteiger partial charge < -0.3 is 19.0 Å². The number of nitrogens with zero attached hydrogens (tertiary/aromatic N) is 5. The van der Waals surface area contributed by atoms with E-state index in [2.05, 4.69) is 96.8 Å². The molecule has 18 atom stereocenters. The van der Waals surface area contributed by atoms with Crippen molar-refractivity contribution >= 4 is 46.4 Å². The minimum Gasteiger partial charge on any atom is -0.394 e. The van der Waals surface area contributed by atoms with Crippen LogP contribution in [0.4, 0.5) is 0 Å². The molecule has 0 aromatic carbocycles. The molecule has 2 saturated heterocycles. The van der Waals surface area contributed by atoms with E-state index < -0.39 is 0 Å². The van der Waals surface area contributed by atoms with Crippen LogP contribution in [0.3, 0.4) is 0 Å². The van der Waals surface area contributed by atoms with Gasteiger partial charge >= 0.3 is 11.9 Å². The number of carbonyl (C=O) groups excluding carboxylic acids is 5. The third kappa shape index (κ3) is 13.8. The topological polar surface area (TPSA) is 153 Å². The van der Waals surface area contributed by atoms with Crippen molar-refractivity contribution in [3.05, 3.63) is 34.9 Å². The van der Waals surface area contributed by atoms with Crippen molar-refractivity contribution < 1.29 is 43.0 Å². The smallest absolute Gasteiger partial charge is 0.338 e. The predicted octanol–water partition coefficient (Wildman–Crippen LogP) is 18.2. The molecule has 542 valence electrons. The number of ketones is 3. The van der Waals surface area contributed by atoms with Crippen molar-refractivity contribution in [1.29, 1.82) is 0 Å². The number of oxime groups is 3. The van der Waals surface area contributed by atoms with Crippen LogP contribution in [0.5, 0.6) is 0 Å². The highest BCUT2D eigenvalue weighted by Crippen LogP contribution is 2.70. The molecule has 0 radical (unpaired) electrons. The third-order valence-electron chi connectivity index (χ3n) is 32.6. The first-order valence-corrected chi connectivity index (χ1v) is 40.7. The van der Waals surface area contributed by atoms with Gasteiger partial charge in [0.25, 0.3) is 0 Å². The minimum atomic E-state index is -0.131. The van der Waals surface area contributed by atoms with Gasteiger partial charge in [0.2, 0.25) is 0 Å². The molecule has 10 saturated carbocycles. The number of allylic oxidation sites excluding steroid dienone is 3. The highest BCUT2D eigenvalue weighted by atomic mass is 16.7. The fraction of sp³-hybridized carbons (Fsp3) is 0.835. The van der Waals surface area contributed by atoms with Crippen LogP contribution in [0, 0.1) is 115 Å². The van der Waals surface area contributed by atoms with Gasteiger partial charge in [0, 0.05) is 56.4 Å². The summed E-state index contributed by atoms with van der Waals surface area (Å²) in [5.41, 5.74) is 9.26. The van der Waals surface area contributed by atoms with Crippen LogP contribution in [-0.4, -0.2) is 109 Å². The van der Waals surface area contributed by atoms with Crippen LogP contribution >= 0.6 is 0 Å². The van der Waals surface area contributed by atoms with Crippen LogP contribution in [0.15, 0.2) is 50.4 Å². The fourth-order valence-electron chi connectivity index (χ4n) is 26.7. The second-order valence-electron chi connectivity index (χ2n) is 37.7.